The van der Waals surface area contributed by atoms with Gasteiger partial charge in [-0.3, -0.25) is 4.79 Å². The number of carboxylic acids is 1. The lowest BCUT2D eigenvalue weighted by Gasteiger charge is -2.37. The summed E-state index contributed by atoms with van der Waals surface area (Å²) in [7, 11) is 0. The van der Waals surface area contributed by atoms with Crippen LogP contribution in [0, 0.1) is 5.92 Å². The average molecular weight is 243 g/mol. The van der Waals surface area contributed by atoms with E-state index in [0.717, 1.165) is 0 Å². The first-order chi connectivity index (χ1) is 7.95. The molecule has 1 aliphatic rings. The summed E-state index contributed by atoms with van der Waals surface area (Å²) in [5.74, 6) is -1.10. The van der Waals surface area contributed by atoms with Gasteiger partial charge in [-0.2, -0.15) is 0 Å². The maximum Gasteiger partial charge on any atom is 0.326 e. The van der Waals surface area contributed by atoms with E-state index in [2.05, 4.69) is 0 Å². The van der Waals surface area contributed by atoms with Crippen molar-refractivity contribution in [3.8, 4) is 0 Å². The molecule has 1 N–H and O–H groups in total. The Morgan fingerprint density at radius 2 is 1.82 bits per heavy atom. The van der Waals surface area contributed by atoms with Crippen LogP contribution in [0.3, 0.4) is 0 Å². The number of nitrogens with zero attached hydrogens (tertiary/aromatic N) is 1. The topological polar surface area (TPSA) is 66.8 Å². The summed E-state index contributed by atoms with van der Waals surface area (Å²) in [5.41, 5.74) is 0. The van der Waals surface area contributed by atoms with Gasteiger partial charge in [0.1, 0.15) is 6.04 Å². The first-order valence-electron chi connectivity index (χ1n) is 6.04. The predicted molar refractivity (Wildman–Crippen MR) is 62.6 cm³/mol. The van der Waals surface area contributed by atoms with Crippen molar-refractivity contribution in [1.29, 1.82) is 0 Å². The van der Waals surface area contributed by atoms with E-state index in [1.54, 1.807) is 0 Å². The Bertz CT molecular complexity index is 284. The maximum atomic E-state index is 11.6. The van der Waals surface area contributed by atoms with Gasteiger partial charge >= 0.3 is 5.97 Å². The molecule has 17 heavy (non-hydrogen) atoms. The van der Waals surface area contributed by atoms with Gasteiger partial charge in [-0.05, 0) is 32.6 Å². The molecule has 0 radical (unpaired) electrons. The van der Waals surface area contributed by atoms with Gasteiger partial charge in [-0.15, -0.1) is 0 Å². The SMILES string of the molecule is CC(=O)N(C(C)C)C(C(=O)O)C1CCOCC1. The lowest BCUT2D eigenvalue weighted by Crippen LogP contribution is -2.52. The molecule has 1 rings (SSSR count). The second-order valence-corrected chi connectivity index (χ2v) is 4.75. The van der Waals surface area contributed by atoms with E-state index in [4.69, 9.17) is 4.74 Å². The Hall–Kier alpha value is -1.10. The second-order valence-electron chi connectivity index (χ2n) is 4.75. The van der Waals surface area contributed by atoms with Gasteiger partial charge in [-0.25, -0.2) is 4.79 Å². The first-order valence-corrected chi connectivity index (χ1v) is 6.04. The maximum absolute atomic E-state index is 11.6. The molecule has 1 heterocycles. The van der Waals surface area contributed by atoms with Crippen molar-refractivity contribution in [2.75, 3.05) is 13.2 Å². The van der Waals surface area contributed by atoms with Crippen LogP contribution >= 0.6 is 0 Å². The summed E-state index contributed by atoms with van der Waals surface area (Å²) in [5, 5.41) is 9.36. The quantitative estimate of drug-likeness (QED) is 0.803. The van der Waals surface area contributed by atoms with Crippen LogP contribution in [0.4, 0.5) is 0 Å². The van der Waals surface area contributed by atoms with Gasteiger partial charge in [0.25, 0.3) is 0 Å². The Morgan fingerprint density at radius 1 is 1.29 bits per heavy atom. The number of carbonyl (C=O) groups excluding carboxylic acids is 1. The molecule has 0 aromatic rings. The minimum Gasteiger partial charge on any atom is -0.480 e. The summed E-state index contributed by atoms with van der Waals surface area (Å²) >= 11 is 0. The highest BCUT2D eigenvalue weighted by molar-refractivity contribution is 5.82. The van der Waals surface area contributed by atoms with E-state index in [0.29, 0.717) is 26.1 Å². The number of hydrogen-bond acceptors (Lipinski definition) is 3. The van der Waals surface area contributed by atoms with Crippen molar-refractivity contribution in [2.45, 2.75) is 45.7 Å². The summed E-state index contributed by atoms with van der Waals surface area (Å²) in [6.45, 7) is 6.28. The molecule has 5 nitrogen and oxygen atoms in total. The zero-order valence-corrected chi connectivity index (χ0v) is 10.7. The molecule has 1 fully saturated rings. The van der Waals surface area contributed by atoms with Gasteiger partial charge in [0.2, 0.25) is 5.91 Å². The number of rotatable bonds is 4. The third kappa shape index (κ3) is 3.43. The van der Waals surface area contributed by atoms with E-state index in [-0.39, 0.29) is 17.9 Å². The van der Waals surface area contributed by atoms with E-state index in [1.807, 2.05) is 13.8 Å². The largest absolute Gasteiger partial charge is 0.480 e. The van der Waals surface area contributed by atoms with Crippen molar-refractivity contribution < 1.29 is 19.4 Å². The summed E-state index contributed by atoms with van der Waals surface area (Å²) in [6.07, 6.45) is 1.40. The van der Waals surface area contributed by atoms with E-state index in [9.17, 15) is 14.7 Å². The van der Waals surface area contributed by atoms with Gasteiger partial charge in [0, 0.05) is 26.2 Å². The van der Waals surface area contributed by atoms with Crippen LogP contribution in [0.1, 0.15) is 33.6 Å². The molecule has 1 amide bonds. The number of aliphatic carboxylic acids is 1. The minimum absolute atomic E-state index is 0.00690. The number of ether oxygens (including phenoxy) is 1. The molecule has 98 valence electrons. The molecule has 0 saturated carbocycles. The van der Waals surface area contributed by atoms with E-state index < -0.39 is 12.0 Å². The normalized spacial score (nSPS) is 19.1. The molecule has 0 bridgehead atoms. The number of carboxylic acid groups (broad SMARTS) is 1. The Labute approximate surface area is 102 Å². The van der Waals surface area contributed by atoms with Gasteiger partial charge < -0.3 is 14.7 Å². The molecule has 1 aliphatic heterocycles. The zero-order chi connectivity index (χ0) is 13.0. The zero-order valence-electron chi connectivity index (χ0n) is 10.7. The second kappa shape index (κ2) is 6.00. The van der Waals surface area contributed by atoms with E-state index >= 15 is 0 Å². The third-order valence-electron chi connectivity index (χ3n) is 3.19. The fraction of sp³-hybridized carbons (Fsp3) is 0.833. The van der Waals surface area contributed by atoms with Crippen molar-refractivity contribution in [1.82, 2.24) is 4.90 Å². The lowest BCUT2D eigenvalue weighted by atomic mass is 9.90. The monoisotopic (exact) mass is 243 g/mol. The molecule has 0 aromatic carbocycles. The van der Waals surface area contributed by atoms with Gasteiger partial charge in [-0.1, -0.05) is 0 Å². The van der Waals surface area contributed by atoms with Crippen LogP contribution in [-0.2, 0) is 14.3 Å². The predicted octanol–water partition coefficient (Wildman–Crippen LogP) is 1.12. The third-order valence-corrected chi connectivity index (χ3v) is 3.19. The van der Waals surface area contributed by atoms with Crippen molar-refractivity contribution in [2.24, 2.45) is 5.92 Å². The number of carbonyl (C=O) groups is 2. The van der Waals surface area contributed by atoms with Crippen LogP contribution in [-0.4, -0.2) is 47.2 Å². The molecule has 1 saturated heterocycles. The van der Waals surface area contributed by atoms with Crippen LogP contribution in [0.25, 0.3) is 0 Å². The number of amides is 1. The highest BCUT2D eigenvalue weighted by Crippen LogP contribution is 2.24. The van der Waals surface area contributed by atoms with Gasteiger partial charge in [0.15, 0.2) is 0 Å². The molecule has 0 aliphatic carbocycles. The Morgan fingerprint density at radius 3 is 2.18 bits per heavy atom. The average Bonchev–Trinajstić information content (AvgIpc) is 2.25. The standard InChI is InChI=1S/C12H21NO4/c1-8(2)13(9(3)14)11(12(15)16)10-4-6-17-7-5-10/h8,10-11H,4-7H2,1-3H3,(H,15,16). The van der Waals surface area contributed by atoms with Crippen LogP contribution < -0.4 is 0 Å². The Balaban J connectivity index is 2.89. The van der Waals surface area contributed by atoms with Crippen molar-refractivity contribution in [3.05, 3.63) is 0 Å². The Kier molecular flexibility index (Phi) is 4.93. The molecular formula is C12H21NO4. The summed E-state index contributed by atoms with van der Waals surface area (Å²) < 4.78 is 5.23. The number of hydrogen-bond donors (Lipinski definition) is 1. The highest BCUT2D eigenvalue weighted by atomic mass is 16.5. The van der Waals surface area contributed by atoms with Crippen LogP contribution in [0.5, 0.6) is 0 Å². The smallest absolute Gasteiger partial charge is 0.326 e. The van der Waals surface area contributed by atoms with E-state index in [1.165, 1.54) is 11.8 Å². The summed E-state index contributed by atoms with van der Waals surface area (Å²) in [6, 6.07) is -0.826. The molecule has 0 spiro atoms. The highest BCUT2D eigenvalue weighted by Gasteiger charge is 2.37. The minimum atomic E-state index is -0.916. The molecular weight excluding hydrogens is 222 g/mol. The van der Waals surface area contributed by atoms with Gasteiger partial charge in [0.05, 0.1) is 0 Å². The molecule has 1 unspecified atom stereocenters. The lowest BCUT2D eigenvalue weighted by molar-refractivity contribution is -0.155. The van der Waals surface area contributed by atoms with Crippen molar-refractivity contribution >= 4 is 11.9 Å². The molecule has 0 aromatic heterocycles. The van der Waals surface area contributed by atoms with Crippen molar-refractivity contribution in [3.63, 3.8) is 0 Å². The van der Waals surface area contributed by atoms with Crippen LogP contribution in [0.15, 0.2) is 0 Å². The fourth-order valence-corrected chi connectivity index (χ4v) is 2.46. The fourth-order valence-electron chi connectivity index (χ4n) is 2.46. The molecule has 1 atom stereocenters. The molecule has 5 heteroatoms. The first kappa shape index (κ1) is 14.0. The summed E-state index contributed by atoms with van der Waals surface area (Å²) in [4.78, 5) is 24.5. The van der Waals surface area contributed by atoms with Crippen LogP contribution in [0.2, 0.25) is 0 Å².